The second-order valence-corrected chi connectivity index (χ2v) is 4.22. The van der Waals surface area contributed by atoms with Crippen molar-refractivity contribution in [3.05, 3.63) is 0 Å². The molecule has 11 heavy (non-hydrogen) atoms. The summed E-state index contributed by atoms with van der Waals surface area (Å²) in [5.74, 6) is 2.25. The molecule has 0 unspecified atom stereocenters. The Labute approximate surface area is 74.5 Å². The lowest BCUT2D eigenvalue weighted by Crippen LogP contribution is -2.33. The summed E-state index contributed by atoms with van der Waals surface area (Å²) >= 11 is 1.94. The van der Waals surface area contributed by atoms with E-state index in [1.807, 2.05) is 11.8 Å². The van der Waals surface area contributed by atoms with Crippen LogP contribution in [0.2, 0.25) is 0 Å². The summed E-state index contributed by atoms with van der Waals surface area (Å²) in [5, 5.41) is 0. The Morgan fingerprint density at radius 2 is 2.00 bits per heavy atom. The molecular formula is C9H19NS. The highest BCUT2D eigenvalue weighted by molar-refractivity contribution is 7.98. The van der Waals surface area contributed by atoms with E-state index in [0.29, 0.717) is 0 Å². The van der Waals surface area contributed by atoms with Gasteiger partial charge in [0.25, 0.3) is 0 Å². The molecule has 0 saturated carbocycles. The van der Waals surface area contributed by atoms with Crippen LogP contribution in [0.25, 0.3) is 0 Å². The standard InChI is InChI=1S/C9H19NS/c1-3-9-4-6-10(7-5-9)8-11-2/h9H,3-8H2,1-2H3. The summed E-state index contributed by atoms with van der Waals surface area (Å²) in [7, 11) is 0. The van der Waals surface area contributed by atoms with Crippen molar-refractivity contribution in [2.24, 2.45) is 5.92 Å². The van der Waals surface area contributed by atoms with Crippen molar-refractivity contribution in [3.63, 3.8) is 0 Å². The van der Waals surface area contributed by atoms with E-state index in [4.69, 9.17) is 0 Å². The van der Waals surface area contributed by atoms with Crippen molar-refractivity contribution in [3.8, 4) is 0 Å². The lowest BCUT2D eigenvalue weighted by atomic mass is 9.95. The van der Waals surface area contributed by atoms with Crippen LogP contribution in [-0.4, -0.2) is 30.1 Å². The van der Waals surface area contributed by atoms with Gasteiger partial charge in [0, 0.05) is 5.88 Å². The molecule has 0 amide bonds. The van der Waals surface area contributed by atoms with Crippen molar-refractivity contribution in [2.45, 2.75) is 26.2 Å². The quantitative estimate of drug-likeness (QED) is 0.645. The molecular weight excluding hydrogens is 154 g/mol. The van der Waals surface area contributed by atoms with Crippen LogP contribution in [0.15, 0.2) is 0 Å². The number of nitrogens with zero attached hydrogens (tertiary/aromatic N) is 1. The normalized spacial score (nSPS) is 22.4. The smallest absolute Gasteiger partial charge is 0.0441 e. The second kappa shape index (κ2) is 5.04. The highest BCUT2D eigenvalue weighted by Gasteiger charge is 2.16. The fourth-order valence-corrected chi connectivity index (χ4v) is 2.33. The molecule has 0 spiro atoms. The van der Waals surface area contributed by atoms with Gasteiger partial charge in [0.1, 0.15) is 0 Å². The largest absolute Gasteiger partial charge is 0.294 e. The van der Waals surface area contributed by atoms with Crippen LogP contribution < -0.4 is 0 Å². The lowest BCUT2D eigenvalue weighted by molar-refractivity contribution is 0.208. The first-order valence-corrected chi connectivity index (χ1v) is 5.97. The zero-order valence-corrected chi connectivity index (χ0v) is 8.49. The Balaban J connectivity index is 2.14. The number of piperidine rings is 1. The van der Waals surface area contributed by atoms with Crippen LogP contribution in [0.4, 0.5) is 0 Å². The highest BCUT2D eigenvalue weighted by Crippen LogP contribution is 2.20. The predicted molar refractivity (Wildman–Crippen MR) is 53.0 cm³/mol. The van der Waals surface area contributed by atoms with E-state index in [1.165, 1.54) is 38.2 Å². The maximum Gasteiger partial charge on any atom is 0.0441 e. The molecule has 1 heterocycles. The molecule has 0 bridgehead atoms. The van der Waals surface area contributed by atoms with Crippen molar-refractivity contribution in [1.29, 1.82) is 0 Å². The highest BCUT2D eigenvalue weighted by atomic mass is 32.2. The van der Waals surface area contributed by atoms with E-state index in [2.05, 4.69) is 18.1 Å². The summed E-state index contributed by atoms with van der Waals surface area (Å²) in [6.07, 6.45) is 6.42. The van der Waals surface area contributed by atoms with Gasteiger partial charge in [0.15, 0.2) is 0 Å². The molecule has 0 radical (unpaired) electrons. The Bertz CT molecular complexity index is 97.7. The van der Waals surface area contributed by atoms with E-state index in [0.717, 1.165) is 5.92 Å². The first-order chi connectivity index (χ1) is 5.36. The molecule has 1 rings (SSSR count). The first-order valence-electron chi connectivity index (χ1n) is 4.58. The first kappa shape index (κ1) is 9.40. The summed E-state index contributed by atoms with van der Waals surface area (Å²) in [5.41, 5.74) is 0. The summed E-state index contributed by atoms with van der Waals surface area (Å²) < 4.78 is 0. The monoisotopic (exact) mass is 173 g/mol. The van der Waals surface area contributed by atoms with Crippen LogP contribution in [-0.2, 0) is 0 Å². The predicted octanol–water partition coefficient (Wildman–Crippen LogP) is 2.43. The van der Waals surface area contributed by atoms with Crippen LogP contribution in [0.3, 0.4) is 0 Å². The Morgan fingerprint density at radius 1 is 1.36 bits per heavy atom. The fraction of sp³-hybridized carbons (Fsp3) is 1.00. The van der Waals surface area contributed by atoms with Gasteiger partial charge in [-0.05, 0) is 38.1 Å². The van der Waals surface area contributed by atoms with E-state index >= 15 is 0 Å². The molecule has 1 saturated heterocycles. The van der Waals surface area contributed by atoms with Gasteiger partial charge in [-0.3, -0.25) is 4.90 Å². The topological polar surface area (TPSA) is 3.24 Å². The molecule has 66 valence electrons. The molecule has 1 aliphatic rings. The molecule has 2 heteroatoms. The molecule has 0 aromatic carbocycles. The minimum atomic E-state index is 1.02. The number of rotatable bonds is 3. The van der Waals surface area contributed by atoms with E-state index in [1.54, 1.807) is 0 Å². The molecule has 0 N–H and O–H groups in total. The molecule has 1 fully saturated rings. The summed E-state index contributed by atoms with van der Waals surface area (Å²) in [6, 6.07) is 0. The van der Waals surface area contributed by atoms with E-state index in [-0.39, 0.29) is 0 Å². The molecule has 0 aliphatic carbocycles. The average molecular weight is 173 g/mol. The zero-order chi connectivity index (χ0) is 8.10. The molecule has 0 aromatic rings. The molecule has 0 aromatic heterocycles. The molecule has 0 atom stereocenters. The fourth-order valence-electron chi connectivity index (χ4n) is 1.71. The van der Waals surface area contributed by atoms with Crippen LogP contribution in [0, 0.1) is 5.92 Å². The Hall–Kier alpha value is 0.310. The van der Waals surface area contributed by atoms with Crippen molar-refractivity contribution < 1.29 is 0 Å². The van der Waals surface area contributed by atoms with Crippen LogP contribution >= 0.6 is 11.8 Å². The van der Waals surface area contributed by atoms with Crippen LogP contribution in [0.5, 0.6) is 0 Å². The van der Waals surface area contributed by atoms with Crippen molar-refractivity contribution in [1.82, 2.24) is 4.90 Å². The van der Waals surface area contributed by atoms with Crippen molar-refractivity contribution in [2.75, 3.05) is 25.2 Å². The third kappa shape index (κ3) is 3.04. The number of thioether (sulfide) groups is 1. The lowest BCUT2D eigenvalue weighted by Gasteiger charge is -2.30. The number of hydrogen-bond acceptors (Lipinski definition) is 2. The van der Waals surface area contributed by atoms with Crippen LogP contribution in [0.1, 0.15) is 26.2 Å². The minimum absolute atomic E-state index is 1.02. The van der Waals surface area contributed by atoms with Gasteiger partial charge in [-0.1, -0.05) is 13.3 Å². The van der Waals surface area contributed by atoms with Gasteiger partial charge < -0.3 is 0 Å². The Kier molecular flexibility index (Phi) is 4.31. The molecule has 1 nitrogen and oxygen atoms in total. The average Bonchev–Trinajstić information content (AvgIpc) is 2.07. The Morgan fingerprint density at radius 3 is 2.45 bits per heavy atom. The minimum Gasteiger partial charge on any atom is -0.294 e. The molecule has 1 aliphatic heterocycles. The third-order valence-electron chi connectivity index (χ3n) is 2.60. The third-order valence-corrected chi connectivity index (χ3v) is 3.22. The maximum absolute atomic E-state index is 2.57. The van der Waals surface area contributed by atoms with Gasteiger partial charge in [0.05, 0.1) is 0 Å². The second-order valence-electron chi connectivity index (χ2n) is 3.39. The number of hydrogen-bond donors (Lipinski definition) is 0. The van der Waals surface area contributed by atoms with Gasteiger partial charge in [-0.25, -0.2) is 0 Å². The summed E-state index contributed by atoms with van der Waals surface area (Å²) in [6.45, 7) is 4.98. The maximum atomic E-state index is 2.57. The number of likely N-dealkylation sites (tertiary alicyclic amines) is 1. The van der Waals surface area contributed by atoms with Gasteiger partial charge in [-0.15, -0.1) is 11.8 Å². The summed E-state index contributed by atoms with van der Waals surface area (Å²) in [4.78, 5) is 2.57. The van der Waals surface area contributed by atoms with Gasteiger partial charge >= 0.3 is 0 Å². The van der Waals surface area contributed by atoms with Gasteiger partial charge in [-0.2, -0.15) is 0 Å². The van der Waals surface area contributed by atoms with Gasteiger partial charge in [0.2, 0.25) is 0 Å². The van der Waals surface area contributed by atoms with E-state index in [9.17, 15) is 0 Å². The SMILES string of the molecule is CCC1CCN(CSC)CC1. The van der Waals surface area contributed by atoms with E-state index < -0.39 is 0 Å². The van der Waals surface area contributed by atoms with Crippen molar-refractivity contribution >= 4 is 11.8 Å². The zero-order valence-electron chi connectivity index (χ0n) is 7.68.